The lowest BCUT2D eigenvalue weighted by Crippen LogP contribution is -2.28. The summed E-state index contributed by atoms with van der Waals surface area (Å²) in [6, 6.07) is 20.9. The van der Waals surface area contributed by atoms with Crippen molar-refractivity contribution in [1.29, 1.82) is 0 Å². The topological polar surface area (TPSA) is 94.0 Å². The first kappa shape index (κ1) is 21.0. The van der Waals surface area contributed by atoms with E-state index in [-0.39, 0.29) is 23.6 Å². The van der Waals surface area contributed by atoms with Crippen LogP contribution in [0.1, 0.15) is 23.6 Å². The molecule has 166 valence electrons. The third-order valence-corrected chi connectivity index (χ3v) is 6.03. The molecule has 0 saturated heterocycles. The van der Waals surface area contributed by atoms with Crippen LogP contribution < -0.4 is 4.74 Å². The number of carbonyl (C=O) groups is 1. The Labute approximate surface area is 194 Å². The van der Waals surface area contributed by atoms with Gasteiger partial charge in [0.15, 0.2) is 5.76 Å². The number of hydrogen-bond donors (Lipinski definition) is 0. The van der Waals surface area contributed by atoms with E-state index in [1.807, 2.05) is 54.6 Å². The summed E-state index contributed by atoms with van der Waals surface area (Å²) >= 11 is 1.17. The van der Waals surface area contributed by atoms with Gasteiger partial charge in [-0.25, -0.2) is 5.01 Å². The maximum atomic E-state index is 13.2. The van der Waals surface area contributed by atoms with Gasteiger partial charge in [-0.1, -0.05) is 54.2 Å². The highest BCUT2D eigenvalue weighted by Crippen LogP contribution is 2.34. The molecular formula is C24H20N4O4S. The van der Waals surface area contributed by atoms with E-state index in [0.29, 0.717) is 17.4 Å². The molecule has 2 aromatic heterocycles. The summed E-state index contributed by atoms with van der Waals surface area (Å²) < 4.78 is 16.1. The molecule has 0 fully saturated rings. The molecule has 0 N–H and O–H groups in total. The van der Waals surface area contributed by atoms with Crippen LogP contribution in [0.2, 0.25) is 0 Å². The van der Waals surface area contributed by atoms with Crippen LogP contribution in [-0.2, 0) is 4.79 Å². The summed E-state index contributed by atoms with van der Waals surface area (Å²) in [4.78, 5) is 13.2. The van der Waals surface area contributed by atoms with E-state index in [1.54, 1.807) is 24.3 Å². The van der Waals surface area contributed by atoms with Gasteiger partial charge in [0.1, 0.15) is 5.75 Å². The predicted molar refractivity (Wildman–Crippen MR) is 123 cm³/mol. The van der Waals surface area contributed by atoms with E-state index >= 15 is 0 Å². The lowest BCUT2D eigenvalue weighted by atomic mass is 9.98. The van der Waals surface area contributed by atoms with Crippen LogP contribution in [0.3, 0.4) is 0 Å². The molecule has 3 heterocycles. The van der Waals surface area contributed by atoms with Crippen LogP contribution in [-0.4, -0.2) is 39.7 Å². The number of nitrogens with zero attached hydrogens (tertiary/aromatic N) is 4. The quantitative estimate of drug-likeness (QED) is 0.365. The molecule has 0 aliphatic carbocycles. The summed E-state index contributed by atoms with van der Waals surface area (Å²) in [6.45, 7) is 0. The van der Waals surface area contributed by atoms with Gasteiger partial charge in [-0.2, -0.15) is 5.10 Å². The smallest absolute Gasteiger partial charge is 0.284 e. The molecule has 5 rings (SSSR count). The average molecular weight is 461 g/mol. The summed E-state index contributed by atoms with van der Waals surface area (Å²) in [5.41, 5.74) is 2.85. The number of carbonyl (C=O) groups excluding carboxylic acids is 1. The fourth-order valence-corrected chi connectivity index (χ4v) is 4.20. The number of methoxy groups -OCH3 is 1. The van der Waals surface area contributed by atoms with E-state index in [9.17, 15) is 4.79 Å². The molecule has 4 aromatic rings. The fourth-order valence-electron chi connectivity index (χ4n) is 3.59. The van der Waals surface area contributed by atoms with Crippen molar-refractivity contribution in [2.75, 3.05) is 12.9 Å². The van der Waals surface area contributed by atoms with Gasteiger partial charge in [0.25, 0.3) is 17.0 Å². The Morgan fingerprint density at radius 3 is 2.64 bits per heavy atom. The van der Waals surface area contributed by atoms with Crippen molar-refractivity contribution in [3.63, 3.8) is 0 Å². The molecular weight excluding hydrogens is 440 g/mol. The maximum absolute atomic E-state index is 13.2. The number of rotatable bonds is 7. The zero-order valence-electron chi connectivity index (χ0n) is 17.7. The number of furan rings is 1. The Morgan fingerprint density at radius 1 is 1.09 bits per heavy atom. The van der Waals surface area contributed by atoms with Gasteiger partial charge >= 0.3 is 0 Å². The molecule has 0 radical (unpaired) electrons. The van der Waals surface area contributed by atoms with Crippen LogP contribution in [0, 0.1) is 0 Å². The molecule has 2 aromatic carbocycles. The second-order valence-electron chi connectivity index (χ2n) is 7.28. The molecule has 0 spiro atoms. The van der Waals surface area contributed by atoms with Gasteiger partial charge < -0.3 is 13.6 Å². The lowest BCUT2D eigenvalue weighted by molar-refractivity contribution is -0.130. The molecule has 9 heteroatoms. The van der Waals surface area contributed by atoms with Gasteiger partial charge in [-0.15, -0.1) is 10.2 Å². The zero-order chi connectivity index (χ0) is 22.6. The SMILES string of the molecule is COc1ccc([C@H]2CC(c3ccccc3)=NN2C(=O)CSc2nnc(-c3ccco3)o2)cc1. The summed E-state index contributed by atoms with van der Waals surface area (Å²) in [5.74, 6) is 1.48. The van der Waals surface area contributed by atoms with E-state index in [2.05, 4.69) is 10.2 Å². The van der Waals surface area contributed by atoms with Crippen molar-refractivity contribution in [2.24, 2.45) is 5.10 Å². The molecule has 0 unspecified atom stereocenters. The van der Waals surface area contributed by atoms with Gasteiger partial charge in [0.05, 0.1) is 30.9 Å². The monoisotopic (exact) mass is 460 g/mol. The van der Waals surface area contributed by atoms with E-state index < -0.39 is 0 Å². The molecule has 8 nitrogen and oxygen atoms in total. The second-order valence-corrected chi connectivity index (χ2v) is 8.21. The van der Waals surface area contributed by atoms with Crippen LogP contribution in [0.5, 0.6) is 5.75 Å². The van der Waals surface area contributed by atoms with E-state index in [1.165, 1.54) is 18.0 Å². The molecule has 1 aliphatic rings. The minimum Gasteiger partial charge on any atom is -0.497 e. The van der Waals surface area contributed by atoms with Gasteiger partial charge in [0.2, 0.25) is 0 Å². The Hall–Kier alpha value is -3.85. The van der Waals surface area contributed by atoms with Gasteiger partial charge in [0, 0.05) is 6.42 Å². The van der Waals surface area contributed by atoms with Gasteiger partial charge in [-0.05, 0) is 35.4 Å². The molecule has 1 atom stereocenters. The number of hydrazone groups is 1. The first-order valence-corrected chi connectivity index (χ1v) is 11.3. The summed E-state index contributed by atoms with van der Waals surface area (Å²) in [5, 5.41) is 14.5. The van der Waals surface area contributed by atoms with Crippen LogP contribution in [0.15, 0.2) is 92.2 Å². The molecule has 1 aliphatic heterocycles. The molecule has 0 saturated carbocycles. The van der Waals surface area contributed by atoms with Crippen LogP contribution in [0.25, 0.3) is 11.7 Å². The van der Waals surface area contributed by atoms with Crippen molar-refractivity contribution in [2.45, 2.75) is 17.7 Å². The lowest BCUT2D eigenvalue weighted by Gasteiger charge is -2.22. The van der Waals surface area contributed by atoms with Crippen molar-refractivity contribution >= 4 is 23.4 Å². The van der Waals surface area contributed by atoms with Crippen LogP contribution in [0.4, 0.5) is 0 Å². The summed E-state index contributed by atoms with van der Waals surface area (Å²) in [7, 11) is 1.63. The highest BCUT2D eigenvalue weighted by Gasteiger charge is 2.33. The van der Waals surface area contributed by atoms with Crippen molar-refractivity contribution < 1.29 is 18.4 Å². The van der Waals surface area contributed by atoms with Crippen molar-refractivity contribution in [3.8, 4) is 17.4 Å². The van der Waals surface area contributed by atoms with Crippen molar-refractivity contribution in [3.05, 3.63) is 84.1 Å². The Morgan fingerprint density at radius 2 is 1.91 bits per heavy atom. The normalized spacial score (nSPS) is 15.5. The van der Waals surface area contributed by atoms with Crippen LogP contribution >= 0.6 is 11.8 Å². The van der Waals surface area contributed by atoms with Gasteiger partial charge in [-0.3, -0.25) is 4.79 Å². The standard InChI is InChI=1S/C24H20N4O4S/c1-30-18-11-9-17(10-12-18)20-14-19(16-6-3-2-4-7-16)27-28(20)22(29)15-33-24-26-25-23(32-24)21-8-5-13-31-21/h2-13,20H,14-15H2,1H3/t20-/m1/s1. The first-order chi connectivity index (χ1) is 16.2. The summed E-state index contributed by atoms with van der Waals surface area (Å²) in [6.07, 6.45) is 2.15. The number of benzene rings is 2. The third kappa shape index (κ3) is 4.54. The Kier molecular flexibility index (Phi) is 5.95. The average Bonchev–Trinajstić information content (AvgIpc) is 3.64. The molecule has 0 bridgehead atoms. The zero-order valence-corrected chi connectivity index (χ0v) is 18.6. The number of amides is 1. The highest BCUT2D eigenvalue weighted by molar-refractivity contribution is 7.99. The first-order valence-electron chi connectivity index (χ1n) is 10.3. The number of ether oxygens (including phenoxy) is 1. The van der Waals surface area contributed by atoms with Crippen molar-refractivity contribution in [1.82, 2.24) is 15.2 Å². The second kappa shape index (κ2) is 9.33. The molecule has 1 amide bonds. The number of aromatic nitrogens is 2. The number of hydrogen-bond acceptors (Lipinski definition) is 8. The molecule has 33 heavy (non-hydrogen) atoms. The Balaban J connectivity index is 1.34. The number of thioether (sulfide) groups is 1. The Bertz CT molecular complexity index is 1250. The minimum atomic E-state index is -0.208. The predicted octanol–water partition coefficient (Wildman–Crippen LogP) is 4.81. The van der Waals surface area contributed by atoms with E-state index in [0.717, 1.165) is 22.6 Å². The third-order valence-electron chi connectivity index (χ3n) is 5.23. The maximum Gasteiger partial charge on any atom is 0.284 e. The van der Waals surface area contributed by atoms with E-state index in [4.69, 9.17) is 18.7 Å². The fraction of sp³-hybridized carbons (Fsp3) is 0.167. The largest absolute Gasteiger partial charge is 0.497 e. The minimum absolute atomic E-state index is 0.109. The highest BCUT2D eigenvalue weighted by atomic mass is 32.2.